The number of Topliss-reactive ketones (excluding diaryl/α,β-unsaturated/α-hetero) is 1. The lowest BCUT2D eigenvalue weighted by Crippen LogP contribution is -2.32. The summed E-state index contributed by atoms with van der Waals surface area (Å²) < 4.78 is 5.47. The Labute approximate surface area is 182 Å². The molecule has 1 aromatic carbocycles. The topological polar surface area (TPSA) is 83.0 Å². The van der Waals surface area contributed by atoms with Gasteiger partial charge in [0.2, 0.25) is 0 Å². The molecule has 7 heteroatoms. The molecule has 1 fully saturated rings. The highest BCUT2D eigenvalue weighted by Gasteiger charge is 2.45. The van der Waals surface area contributed by atoms with E-state index in [4.69, 9.17) is 4.74 Å². The maximum atomic E-state index is 12.9. The first-order valence-corrected chi connectivity index (χ1v) is 10.1. The van der Waals surface area contributed by atoms with E-state index in [1.807, 2.05) is 25.1 Å². The molecule has 1 aromatic heterocycles. The first-order chi connectivity index (χ1) is 14.9. The maximum Gasteiger partial charge on any atom is 0.295 e. The lowest BCUT2D eigenvalue weighted by Gasteiger charge is -2.25. The second kappa shape index (κ2) is 10.0. The first-order valence-electron chi connectivity index (χ1n) is 10.1. The number of aromatic nitrogens is 1. The van der Waals surface area contributed by atoms with Crippen molar-refractivity contribution in [2.24, 2.45) is 0 Å². The fourth-order valence-electron chi connectivity index (χ4n) is 3.57. The van der Waals surface area contributed by atoms with Crippen LogP contribution in [0.5, 0.6) is 5.75 Å². The third kappa shape index (κ3) is 5.00. The molecule has 0 bridgehead atoms. The van der Waals surface area contributed by atoms with Gasteiger partial charge in [-0.25, -0.2) is 0 Å². The maximum absolute atomic E-state index is 12.9. The molecule has 0 unspecified atom stereocenters. The van der Waals surface area contributed by atoms with Crippen molar-refractivity contribution in [3.05, 3.63) is 78.1 Å². The number of nitrogens with zero attached hydrogens (tertiary/aromatic N) is 3. The number of likely N-dealkylation sites (tertiary alicyclic amines) is 1. The number of hydrogen-bond donors (Lipinski definition) is 1. The molecule has 0 radical (unpaired) electrons. The molecular formula is C24H27N3O4. The van der Waals surface area contributed by atoms with Gasteiger partial charge in [0.05, 0.1) is 11.6 Å². The van der Waals surface area contributed by atoms with Gasteiger partial charge in [-0.3, -0.25) is 14.6 Å². The second-order valence-electron chi connectivity index (χ2n) is 7.56. The quantitative estimate of drug-likeness (QED) is 0.290. The SMILES string of the molecule is C=CCOc1ccc(/C(O)=C2\C(=O)C(=O)N(CCCN(C)C)[C@H]2c2cccnc2)cc1. The number of aliphatic hydroxyl groups excluding tert-OH is 1. The van der Waals surface area contributed by atoms with Crippen molar-refractivity contribution in [3.8, 4) is 5.75 Å². The predicted octanol–water partition coefficient (Wildman–Crippen LogP) is 3.02. The molecule has 0 saturated carbocycles. The van der Waals surface area contributed by atoms with E-state index < -0.39 is 17.7 Å². The van der Waals surface area contributed by atoms with Crippen LogP contribution in [0.15, 0.2) is 67.0 Å². The summed E-state index contributed by atoms with van der Waals surface area (Å²) in [5.74, 6) is -0.898. The molecule has 1 saturated heterocycles. The lowest BCUT2D eigenvalue weighted by atomic mass is 9.96. The normalized spacial score (nSPS) is 17.9. The van der Waals surface area contributed by atoms with Crippen LogP contribution in [-0.2, 0) is 9.59 Å². The number of aliphatic hydroxyl groups is 1. The molecule has 1 atom stereocenters. The van der Waals surface area contributed by atoms with Gasteiger partial charge in [0.1, 0.15) is 18.1 Å². The van der Waals surface area contributed by atoms with E-state index in [0.29, 0.717) is 36.4 Å². The van der Waals surface area contributed by atoms with Crippen molar-refractivity contribution in [1.29, 1.82) is 0 Å². The Morgan fingerprint density at radius 1 is 1.26 bits per heavy atom. The Morgan fingerprint density at radius 2 is 2.00 bits per heavy atom. The molecule has 0 spiro atoms. The van der Waals surface area contributed by atoms with Crippen LogP contribution in [0.2, 0.25) is 0 Å². The standard InChI is InChI=1S/C24H27N3O4/c1-4-15-31-19-10-8-17(9-11-19)22(28)20-21(18-7-5-12-25-16-18)27(24(30)23(20)29)14-6-13-26(2)3/h4-5,7-12,16,21,28H,1,6,13-15H2,2-3H3/b22-20+/t21-/m0/s1. The van der Waals surface area contributed by atoms with Gasteiger partial charge in [-0.1, -0.05) is 18.7 Å². The van der Waals surface area contributed by atoms with Crippen molar-refractivity contribution in [3.63, 3.8) is 0 Å². The number of benzene rings is 1. The van der Waals surface area contributed by atoms with Crippen LogP contribution in [0, 0.1) is 0 Å². The van der Waals surface area contributed by atoms with E-state index in [0.717, 1.165) is 6.54 Å². The van der Waals surface area contributed by atoms with Crippen LogP contribution < -0.4 is 4.74 Å². The largest absolute Gasteiger partial charge is 0.507 e. The molecule has 1 aliphatic heterocycles. The Hall–Kier alpha value is -3.45. The summed E-state index contributed by atoms with van der Waals surface area (Å²) >= 11 is 0. The monoisotopic (exact) mass is 421 g/mol. The summed E-state index contributed by atoms with van der Waals surface area (Å²) in [6.45, 7) is 5.14. The highest BCUT2D eigenvalue weighted by molar-refractivity contribution is 6.46. The van der Waals surface area contributed by atoms with Crippen molar-refractivity contribution in [1.82, 2.24) is 14.8 Å². The van der Waals surface area contributed by atoms with Crippen molar-refractivity contribution < 1.29 is 19.4 Å². The highest BCUT2D eigenvalue weighted by Crippen LogP contribution is 2.39. The number of carbonyl (C=O) groups excluding carboxylic acids is 2. The van der Waals surface area contributed by atoms with Gasteiger partial charge in [0, 0.05) is 24.5 Å². The first kappa shape index (κ1) is 22.2. The lowest BCUT2D eigenvalue weighted by molar-refractivity contribution is -0.139. The molecule has 2 aromatic rings. The summed E-state index contributed by atoms with van der Waals surface area (Å²) in [5.41, 5.74) is 1.19. The van der Waals surface area contributed by atoms with E-state index in [2.05, 4.69) is 11.6 Å². The van der Waals surface area contributed by atoms with Crippen molar-refractivity contribution >= 4 is 17.4 Å². The average molecular weight is 421 g/mol. The summed E-state index contributed by atoms with van der Waals surface area (Å²) in [6.07, 6.45) is 5.59. The van der Waals surface area contributed by atoms with Gasteiger partial charge < -0.3 is 19.6 Å². The minimum atomic E-state index is -0.691. The zero-order valence-corrected chi connectivity index (χ0v) is 17.8. The van der Waals surface area contributed by atoms with Crippen LogP contribution in [0.25, 0.3) is 5.76 Å². The molecule has 1 aliphatic rings. The molecular weight excluding hydrogens is 394 g/mol. The molecule has 31 heavy (non-hydrogen) atoms. The molecule has 3 rings (SSSR count). The summed E-state index contributed by atoms with van der Waals surface area (Å²) in [4.78, 5) is 33.5. The van der Waals surface area contributed by atoms with Crippen LogP contribution in [0.1, 0.15) is 23.6 Å². The van der Waals surface area contributed by atoms with E-state index in [9.17, 15) is 14.7 Å². The van der Waals surface area contributed by atoms with Crippen molar-refractivity contribution in [2.75, 3.05) is 33.8 Å². The van der Waals surface area contributed by atoms with Crippen LogP contribution >= 0.6 is 0 Å². The zero-order chi connectivity index (χ0) is 22.4. The van der Waals surface area contributed by atoms with E-state index in [1.54, 1.807) is 48.8 Å². The Balaban J connectivity index is 2.00. The number of ether oxygens (including phenoxy) is 1. The van der Waals surface area contributed by atoms with Gasteiger partial charge in [-0.15, -0.1) is 0 Å². The van der Waals surface area contributed by atoms with Crippen LogP contribution in [-0.4, -0.2) is 65.4 Å². The minimum absolute atomic E-state index is 0.0719. The highest BCUT2D eigenvalue weighted by atomic mass is 16.5. The molecule has 1 amide bonds. The molecule has 7 nitrogen and oxygen atoms in total. The van der Waals surface area contributed by atoms with E-state index in [1.165, 1.54) is 4.90 Å². The number of ketones is 1. The Bertz CT molecular complexity index is 968. The predicted molar refractivity (Wildman–Crippen MR) is 119 cm³/mol. The van der Waals surface area contributed by atoms with Crippen molar-refractivity contribution in [2.45, 2.75) is 12.5 Å². The van der Waals surface area contributed by atoms with Gasteiger partial charge in [-0.2, -0.15) is 0 Å². The molecule has 1 N–H and O–H groups in total. The van der Waals surface area contributed by atoms with E-state index in [-0.39, 0.29) is 11.3 Å². The number of amides is 1. The number of carbonyl (C=O) groups is 2. The van der Waals surface area contributed by atoms with Gasteiger partial charge in [0.15, 0.2) is 0 Å². The summed E-state index contributed by atoms with van der Waals surface area (Å²) in [5, 5.41) is 11.0. The smallest absolute Gasteiger partial charge is 0.295 e. The Morgan fingerprint density at radius 3 is 2.61 bits per heavy atom. The summed E-state index contributed by atoms with van der Waals surface area (Å²) in [6, 6.07) is 9.59. The van der Waals surface area contributed by atoms with Gasteiger partial charge >= 0.3 is 0 Å². The molecule has 162 valence electrons. The Kier molecular flexibility index (Phi) is 7.20. The van der Waals surface area contributed by atoms with Gasteiger partial charge in [-0.05, 0) is 63.0 Å². The average Bonchev–Trinajstić information content (AvgIpc) is 3.03. The molecule has 0 aliphatic carbocycles. The van der Waals surface area contributed by atoms with Crippen LogP contribution in [0.3, 0.4) is 0 Å². The minimum Gasteiger partial charge on any atom is -0.507 e. The number of pyridine rings is 1. The fourth-order valence-corrected chi connectivity index (χ4v) is 3.57. The van der Waals surface area contributed by atoms with Crippen LogP contribution in [0.4, 0.5) is 0 Å². The number of hydrogen-bond acceptors (Lipinski definition) is 6. The molecule has 2 heterocycles. The second-order valence-corrected chi connectivity index (χ2v) is 7.56. The zero-order valence-electron chi connectivity index (χ0n) is 17.8. The number of rotatable bonds is 9. The van der Waals surface area contributed by atoms with Gasteiger partial charge in [0.25, 0.3) is 11.7 Å². The third-order valence-corrected chi connectivity index (χ3v) is 5.04. The van der Waals surface area contributed by atoms with E-state index >= 15 is 0 Å². The third-order valence-electron chi connectivity index (χ3n) is 5.04. The fraction of sp³-hybridized carbons (Fsp3) is 0.292. The summed E-state index contributed by atoms with van der Waals surface area (Å²) in [7, 11) is 3.91.